The summed E-state index contributed by atoms with van der Waals surface area (Å²) in [6, 6.07) is 10.6. The lowest BCUT2D eigenvalue weighted by Gasteiger charge is -2.32. The van der Waals surface area contributed by atoms with Crippen LogP contribution in [0.1, 0.15) is 12.5 Å². The molecule has 0 unspecified atom stereocenters. The third kappa shape index (κ3) is 10.3. The molecule has 0 bridgehead atoms. The van der Waals surface area contributed by atoms with Gasteiger partial charge in [0.2, 0.25) is 0 Å². The van der Waals surface area contributed by atoms with Crippen molar-refractivity contribution in [2.45, 2.75) is 13.5 Å². The normalized spacial score (nSPS) is 11.2. The summed E-state index contributed by atoms with van der Waals surface area (Å²) in [7, 11) is -1.94. The van der Waals surface area contributed by atoms with Gasteiger partial charge in [0.25, 0.3) is 0 Å². The molecule has 6 heteroatoms. The third-order valence-corrected chi connectivity index (χ3v) is 3.35. The van der Waals surface area contributed by atoms with Crippen LogP contribution in [0.2, 0.25) is 0 Å². The second-order valence-electron chi connectivity index (χ2n) is 5.04. The highest BCUT2D eigenvalue weighted by Gasteiger charge is 2.18. The largest absolute Gasteiger partial charge is 0.397 e. The average molecular weight is 328 g/mol. The molecule has 0 saturated carbocycles. The number of hydrogen-bond donors (Lipinski definition) is 1. The molecule has 1 aromatic carbocycles. The maximum atomic E-state index is 9.56. The molecule has 124 valence electrons. The minimum atomic E-state index is -4.17. The molecule has 0 spiro atoms. The molecule has 22 heavy (non-hydrogen) atoms. The molecule has 0 amide bonds. The van der Waals surface area contributed by atoms with E-state index in [0.717, 1.165) is 24.1 Å². The summed E-state index contributed by atoms with van der Waals surface area (Å²) in [5.74, 6) is 0. The summed E-state index contributed by atoms with van der Waals surface area (Å²) < 4.78 is 31.6. The molecule has 0 fully saturated rings. The first-order chi connectivity index (χ1) is 10.3. The van der Waals surface area contributed by atoms with Gasteiger partial charge in [-0.05, 0) is 19.1 Å². The SMILES string of the molecule is C=CC[N+](C)(CC=C)Cc1ccccc1.CCOS(=O)(=O)O. The van der Waals surface area contributed by atoms with Crippen LogP contribution in [0.15, 0.2) is 55.6 Å². The Labute approximate surface area is 134 Å². The average Bonchev–Trinajstić information content (AvgIpc) is 2.39. The maximum Gasteiger partial charge on any atom is 0.397 e. The summed E-state index contributed by atoms with van der Waals surface area (Å²) in [6.45, 7) is 12.0. The summed E-state index contributed by atoms with van der Waals surface area (Å²) in [6.07, 6.45) is 3.96. The summed E-state index contributed by atoms with van der Waals surface area (Å²) in [5, 5.41) is 0. The van der Waals surface area contributed by atoms with Crippen molar-refractivity contribution in [3.8, 4) is 0 Å². The van der Waals surface area contributed by atoms with E-state index in [1.54, 1.807) is 0 Å². The first-order valence-electron chi connectivity index (χ1n) is 6.97. The van der Waals surface area contributed by atoms with E-state index < -0.39 is 10.4 Å². The van der Waals surface area contributed by atoms with Crippen LogP contribution in [-0.4, -0.2) is 44.2 Å². The molecule has 5 nitrogen and oxygen atoms in total. The number of quaternary nitrogens is 1. The zero-order chi connectivity index (χ0) is 17.1. The van der Waals surface area contributed by atoms with Crippen molar-refractivity contribution in [1.29, 1.82) is 0 Å². The van der Waals surface area contributed by atoms with Gasteiger partial charge in [0.15, 0.2) is 0 Å². The maximum absolute atomic E-state index is 9.56. The molecule has 1 rings (SSSR count). The van der Waals surface area contributed by atoms with Crippen molar-refractivity contribution in [1.82, 2.24) is 0 Å². The number of hydrogen-bond acceptors (Lipinski definition) is 3. The van der Waals surface area contributed by atoms with Crippen molar-refractivity contribution < 1.29 is 21.6 Å². The van der Waals surface area contributed by atoms with Gasteiger partial charge in [-0.25, -0.2) is 4.18 Å². The summed E-state index contributed by atoms with van der Waals surface area (Å²) in [4.78, 5) is 0. The molecular weight excluding hydrogens is 302 g/mol. The van der Waals surface area contributed by atoms with Gasteiger partial charge < -0.3 is 4.48 Å². The summed E-state index contributed by atoms with van der Waals surface area (Å²) in [5.41, 5.74) is 1.36. The van der Waals surface area contributed by atoms with E-state index in [4.69, 9.17) is 4.55 Å². The molecular formula is C16H26NO4S+. The molecule has 0 aliphatic heterocycles. The van der Waals surface area contributed by atoms with Gasteiger partial charge in [0.1, 0.15) is 6.54 Å². The predicted molar refractivity (Wildman–Crippen MR) is 89.6 cm³/mol. The number of rotatable bonds is 8. The van der Waals surface area contributed by atoms with E-state index in [0.29, 0.717) is 0 Å². The molecule has 0 saturated heterocycles. The first-order valence-corrected chi connectivity index (χ1v) is 8.34. The van der Waals surface area contributed by atoms with Crippen molar-refractivity contribution in [2.75, 3.05) is 26.7 Å². The zero-order valence-electron chi connectivity index (χ0n) is 13.3. The Morgan fingerprint density at radius 2 is 1.68 bits per heavy atom. The second kappa shape index (κ2) is 10.3. The van der Waals surface area contributed by atoms with E-state index in [1.165, 1.54) is 12.5 Å². The third-order valence-electron chi connectivity index (χ3n) is 2.81. The van der Waals surface area contributed by atoms with E-state index in [2.05, 4.69) is 54.7 Å². The monoisotopic (exact) mass is 328 g/mol. The lowest BCUT2D eigenvalue weighted by molar-refractivity contribution is -0.911. The topological polar surface area (TPSA) is 63.6 Å². The van der Waals surface area contributed by atoms with Crippen molar-refractivity contribution in [3.63, 3.8) is 0 Å². The minimum absolute atomic E-state index is 0.0289. The first kappa shape index (κ1) is 20.5. The molecule has 0 atom stereocenters. The molecule has 0 heterocycles. The standard InChI is InChI=1S/C14H20N.C2H6O4S/c1-4-11-15(3,12-5-2)13-14-9-7-6-8-10-14;1-2-6-7(3,4)5/h4-10H,1-2,11-13H2,3H3;2H2,1H3,(H,3,4,5)/q+1;. The number of benzene rings is 1. The molecule has 1 aromatic rings. The highest BCUT2D eigenvalue weighted by Crippen LogP contribution is 2.11. The van der Waals surface area contributed by atoms with Crippen LogP contribution in [0, 0.1) is 0 Å². The second-order valence-corrected chi connectivity index (χ2v) is 6.13. The van der Waals surface area contributed by atoms with Gasteiger partial charge in [-0.2, -0.15) is 8.42 Å². The van der Waals surface area contributed by atoms with Gasteiger partial charge in [-0.15, -0.1) is 0 Å². The zero-order valence-corrected chi connectivity index (χ0v) is 14.1. The highest BCUT2D eigenvalue weighted by atomic mass is 32.3. The molecule has 0 aromatic heterocycles. The van der Waals surface area contributed by atoms with Gasteiger partial charge in [0.05, 0.1) is 26.7 Å². The predicted octanol–water partition coefficient (Wildman–Crippen LogP) is 2.83. The lowest BCUT2D eigenvalue weighted by Crippen LogP contribution is -2.43. The van der Waals surface area contributed by atoms with Crippen LogP contribution < -0.4 is 0 Å². The van der Waals surface area contributed by atoms with Crippen molar-refractivity contribution in [2.24, 2.45) is 0 Å². The Hall–Kier alpha value is -1.47. The van der Waals surface area contributed by atoms with Gasteiger partial charge in [0, 0.05) is 5.56 Å². The van der Waals surface area contributed by atoms with Crippen LogP contribution in [0.25, 0.3) is 0 Å². The van der Waals surface area contributed by atoms with Gasteiger partial charge in [-0.3, -0.25) is 4.55 Å². The van der Waals surface area contributed by atoms with E-state index in [1.807, 2.05) is 12.2 Å². The molecule has 0 aliphatic carbocycles. The Morgan fingerprint density at radius 1 is 1.18 bits per heavy atom. The Kier molecular flexibility index (Phi) is 9.60. The minimum Gasteiger partial charge on any atom is -0.316 e. The van der Waals surface area contributed by atoms with E-state index in [-0.39, 0.29) is 6.61 Å². The quantitative estimate of drug-likeness (QED) is 0.453. The van der Waals surface area contributed by atoms with Crippen LogP contribution >= 0.6 is 0 Å². The van der Waals surface area contributed by atoms with E-state index >= 15 is 0 Å². The Bertz CT molecular complexity index is 531. The van der Waals surface area contributed by atoms with Crippen LogP contribution in [-0.2, 0) is 21.1 Å². The fraction of sp³-hybridized carbons (Fsp3) is 0.375. The van der Waals surface area contributed by atoms with Crippen LogP contribution in [0.5, 0.6) is 0 Å². The molecule has 1 N–H and O–H groups in total. The van der Waals surface area contributed by atoms with Crippen molar-refractivity contribution >= 4 is 10.4 Å². The number of likely N-dealkylation sites (N-methyl/N-ethyl adjacent to an activating group) is 1. The van der Waals surface area contributed by atoms with E-state index in [9.17, 15) is 8.42 Å². The summed E-state index contributed by atoms with van der Waals surface area (Å²) >= 11 is 0. The Balaban J connectivity index is 0.000000534. The van der Waals surface area contributed by atoms with Crippen LogP contribution in [0.4, 0.5) is 0 Å². The Morgan fingerprint density at radius 3 is 2.00 bits per heavy atom. The number of nitrogens with zero attached hydrogens (tertiary/aromatic N) is 1. The fourth-order valence-corrected chi connectivity index (χ4v) is 2.30. The lowest BCUT2D eigenvalue weighted by atomic mass is 10.2. The highest BCUT2D eigenvalue weighted by molar-refractivity contribution is 7.80. The molecule has 0 radical (unpaired) electrons. The smallest absolute Gasteiger partial charge is 0.316 e. The van der Waals surface area contributed by atoms with Crippen LogP contribution in [0.3, 0.4) is 0 Å². The molecule has 0 aliphatic rings. The van der Waals surface area contributed by atoms with Gasteiger partial charge >= 0.3 is 10.4 Å². The van der Waals surface area contributed by atoms with Crippen molar-refractivity contribution in [3.05, 3.63) is 61.2 Å². The van der Waals surface area contributed by atoms with Gasteiger partial charge in [-0.1, -0.05) is 43.5 Å². The fourth-order valence-electron chi connectivity index (χ4n) is 2.00.